The van der Waals surface area contributed by atoms with Crippen LogP contribution in [-0.4, -0.2) is 17.8 Å². The van der Waals surface area contributed by atoms with Gasteiger partial charge in [0.25, 0.3) is 0 Å². The molecule has 4 aliphatic carbocycles. The Kier molecular flexibility index (Phi) is 5.68. The maximum absolute atomic E-state index is 13.6. The van der Waals surface area contributed by atoms with Gasteiger partial charge in [0, 0.05) is 5.41 Å². The Bertz CT molecular complexity index is 738. The number of carbonyl (C=O) groups is 1. The van der Waals surface area contributed by atoms with E-state index in [0.717, 1.165) is 44.9 Å². The van der Waals surface area contributed by atoms with Crippen LogP contribution in [0.25, 0.3) is 0 Å². The molecule has 0 amide bonds. The van der Waals surface area contributed by atoms with Gasteiger partial charge in [-0.05, 0) is 73.3 Å². The highest BCUT2D eigenvalue weighted by atomic mass is 32.2. The first-order chi connectivity index (χ1) is 13.8. The lowest BCUT2D eigenvalue weighted by atomic mass is 9.43. The number of esters is 1. The van der Waals surface area contributed by atoms with Crippen molar-refractivity contribution < 1.29 is 27.9 Å². The summed E-state index contributed by atoms with van der Waals surface area (Å²) in [5.41, 5.74) is 2.48. The van der Waals surface area contributed by atoms with Gasteiger partial charge < -0.3 is 14.3 Å². The van der Waals surface area contributed by atoms with E-state index in [2.05, 4.69) is 35.5 Å². The highest BCUT2D eigenvalue weighted by Crippen LogP contribution is 2.65. The fraction of sp³-hybridized carbons (Fsp3) is 0.682. The summed E-state index contributed by atoms with van der Waals surface area (Å²) in [6, 6.07) is 8.91. The molecule has 5 rings (SSSR count). The van der Waals surface area contributed by atoms with Crippen LogP contribution in [0.3, 0.4) is 0 Å². The summed E-state index contributed by atoms with van der Waals surface area (Å²) < 4.78 is 35.3. The first-order valence-electron chi connectivity index (χ1n) is 10.4. The summed E-state index contributed by atoms with van der Waals surface area (Å²) in [4.78, 5) is 11.8. The van der Waals surface area contributed by atoms with E-state index in [1.807, 2.05) is 0 Å². The van der Waals surface area contributed by atoms with Gasteiger partial charge in [-0.1, -0.05) is 37.6 Å². The third-order valence-corrected chi connectivity index (χ3v) is 7.62. The predicted molar refractivity (Wildman–Crippen MR) is 104 cm³/mol. The minimum atomic E-state index is -3.98. The predicted octanol–water partition coefficient (Wildman–Crippen LogP) is 4.55. The average molecular weight is 426 g/mol. The minimum absolute atomic E-state index is 0.0104. The second-order valence-corrected chi connectivity index (χ2v) is 10.2. The lowest BCUT2D eigenvalue weighted by Crippen LogP contribution is -2.55. The van der Waals surface area contributed by atoms with Gasteiger partial charge in [-0.3, -0.25) is 0 Å². The molecule has 4 saturated carbocycles. The van der Waals surface area contributed by atoms with Crippen molar-refractivity contribution in [2.24, 2.45) is 17.3 Å². The van der Waals surface area contributed by atoms with Crippen LogP contribution in [0.15, 0.2) is 24.3 Å². The molecular formula is C22H27F2O4S-. The Labute approximate surface area is 174 Å². The standard InChI is InChI=1S/C22H28F2O4S/c1-2-3-15-4-6-18(7-5-15)21-11-16-8-17(12-21)10-20(9-16,13-21)14-27-19(25)22(23,24)29-28-26/h4-7,16-17,26H,2-3,8-14H2,1H3/p-1. The first-order valence-corrected chi connectivity index (χ1v) is 11.2. The summed E-state index contributed by atoms with van der Waals surface area (Å²) in [5.74, 6) is -0.595. The number of rotatable bonds is 8. The van der Waals surface area contributed by atoms with Crippen LogP contribution in [0.5, 0.6) is 0 Å². The van der Waals surface area contributed by atoms with E-state index >= 15 is 0 Å². The second-order valence-electron chi connectivity index (χ2n) is 9.43. The summed E-state index contributed by atoms with van der Waals surface area (Å²) in [7, 11) is 0. The number of ether oxygens (including phenoxy) is 1. The van der Waals surface area contributed by atoms with Crippen LogP contribution in [0.4, 0.5) is 8.78 Å². The molecule has 4 nitrogen and oxygen atoms in total. The maximum Gasteiger partial charge on any atom is 0.412 e. The van der Waals surface area contributed by atoms with Crippen LogP contribution < -0.4 is 5.26 Å². The van der Waals surface area contributed by atoms with E-state index in [1.54, 1.807) is 0 Å². The van der Waals surface area contributed by atoms with Crippen molar-refractivity contribution in [2.45, 2.75) is 69.0 Å². The Balaban J connectivity index is 1.52. The van der Waals surface area contributed by atoms with E-state index in [-0.39, 0.29) is 17.4 Å². The van der Waals surface area contributed by atoms with Gasteiger partial charge in [-0.2, -0.15) is 8.78 Å². The summed E-state index contributed by atoms with van der Waals surface area (Å²) in [5, 5.41) is 6.04. The highest BCUT2D eigenvalue weighted by Gasteiger charge is 2.59. The fourth-order valence-corrected chi connectivity index (χ4v) is 6.86. The lowest BCUT2D eigenvalue weighted by Gasteiger charge is -2.62. The molecule has 0 spiro atoms. The third kappa shape index (κ3) is 4.06. The second kappa shape index (κ2) is 7.82. The van der Waals surface area contributed by atoms with Crippen molar-refractivity contribution in [1.82, 2.24) is 0 Å². The lowest BCUT2D eigenvalue weighted by molar-refractivity contribution is -0.630. The molecule has 1 aromatic rings. The van der Waals surface area contributed by atoms with Crippen molar-refractivity contribution in [3.8, 4) is 0 Å². The van der Waals surface area contributed by atoms with E-state index in [9.17, 15) is 18.8 Å². The molecule has 4 aliphatic rings. The monoisotopic (exact) mass is 425 g/mol. The molecule has 0 heterocycles. The molecular weight excluding hydrogens is 398 g/mol. The number of carbonyl (C=O) groups excluding carboxylic acids is 1. The van der Waals surface area contributed by atoms with Gasteiger partial charge >= 0.3 is 11.2 Å². The number of alkyl halides is 2. The Morgan fingerprint density at radius 3 is 2.45 bits per heavy atom. The molecule has 0 aromatic heterocycles. The number of hydrogen-bond acceptors (Lipinski definition) is 5. The van der Waals surface area contributed by atoms with Gasteiger partial charge in [0.05, 0.1) is 18.6 Å². The summed E-state index contributed by atoms with van der Waals surface area (Å²) >= 11 is -0.703. The molecule has 2 atom stereocenters. The molecule has 4 fully saturated rings. The van der Waals surface area contributed by atoms with Crippen molar-refractivity contribution in [1.29, 1.82) is 0 Å². The van der Waals surface area contributed by atoms with Crippen LogP contribution >= 0.6 is 12.0 Å². The van der Waals surface area contributed by atoms with Crippen molar-refractivity contribution in [3.05, 3.63) is 35.4 Å². The van der Waals surface area contributed by atoms with Gasteiger partial charge in [0.15, 0.2) is 0 Å². The van der Waals surface area contributed by atoms with Crippen molar-refractivity contribution in [2.75, 3.05) is 6.61 Å². The van der Waals surface area contributed by atoms with E-state index in [1.165, 1.54) is 17.5 Å². The quantitative estimate of drug-likeness (QED) is 0.265. The van der Waals surface area contributed by atoms with Crippen LogP contribution in [0.1, 0.15) is 63.0 Å². The smallest absolute Gasteiger partial charge is 0.412 e. The molecule has 2 unspecified atom stereocenters. The Hall–Kier alpha value is -1.18. The van der Waals surface area contributed by atoms with Crippen LogP contribution in [-0.2, 0) is 25.7 Å². The molecule has 160 valence electrons. The molecule has 0 radical (unpaired) electrons. The van der Waals surface area contributed by atoms with Gasteiger partial charge in [0.2, 0.25) is 0 Å². The number of benzene rings is 1. The molecule has 4 bridgehead atoms. The van der Waals surface area contributed by atoms with Crippen LogP contribution in [0, 0.1) is 17.3 Å². The molecule has 1 aromatic carbocycles. The highest BCUT2D eigenvalue weighted by molar-refractivity contribution is 7.96. The maximum atomic E-state index is 13.6. The SMILES string of the molecule is CCCc1ccc(C23CC4CC(CC(COC(=O)C(F)(F)SO[O-])(C4)C2)C3)cc1. The zero-order valence-electron chi connectivity index (χ0n) is 16.6. The molecule has 29 heavy (non-hydrogen) atoms. The molecule has 0 N–H and O–H groups in total. The topological polar surface area (TPSA) is 58.6 Å². The fourth-order valence-electron chi connectivity index (χ4n) is 6.65. The summed E-state index contributed by atoms with van der Waals surface area (Å²) in [6.45, 7) is 2.16. The van der Waals surface area contributed by atoms with E-state index in [0.29, 0.717) is 11.8 Å². The normalized spacial score (nSPS) is 33.1. The van der Waals surface area contributed by atoms with Crippen LogP contribution in [0.2, 0.25) is 0 Å². The third-order valence-electron chi connectivity index (χ3n) is 7.17. The van der Waals surface area contributed by atoms with Gasteiger partial charge in [-0.15, -0.1) is 0 Å². The van der Waals surface area contributed by atoms with Crippen molar-refractivity contribution in [3.63, 3.8) is 0 Å². The van der Waals surface area contributed by atoms with E-state index in [4.69, 9.17) is 4.74 Å². The largest absolute Gasteiger partial charge is 0.710 e. The zero-order chi connectivity index (χ0) is 20.7. The van der Waals surface area contributed by atoms with Gasteiger partial charge in [-0.25, -0.2) is 4.79 Å². The van der Waals surface area contributed by atoms with Crippen molar-refractivity contribution >= 4 is 18.0 Å². The molecule has 0 saturated heterocycles. The molecule has 7 heteroatoms. The average Bonchev–Trinajstić information content (AvgIpc) is 2.66. The first kappa shape index (κ1) is 21.1. The molecule has 0 aliphatic heterocycles. The van der Waals surface area contributed by atoms with Gasteiger partial charge in [0.1, 0.15) is 0 Å². The Morgan fingerprint density at radius 1 is 1.21 bits per heavy atom. The number of aryl methyl sites for hydroxylation is 1. The number of halogens is 2. The number of hydrogen-bond donors (Lipinski definition) is 0. The summed E-state index contributed by atoms with van der Waals surface area (Å²) in [6.07, 6.45) is 8.32. The zero-order valence-corrected chi connectivity index (χ0v) is 17.4. The minimum Gasteiger partial charge on any atom is -0.710 e. The van der Waals surface area contributed by atoms with E-state index < -0.39 is 23.3 Å². The Morgan fingerprint density at radius 2 is 1.86 bits per heavy atom.